The van der Waals surface area contributed by atoms with Gasteiger partial charge in [0.25, 0.3) is 5.91 Å². The largest absolute Gasteiger partial charge is 0.416 e. The number of hydrogen-bond donors (Lipinski definition) is 2. The monoisotopic (exact) mass is 431 g/mol. The Kier molecular flexibility index (Phi) is 8.26. The molecule has 0 aliphatic carbocycles. The fourth-order valence-electron chi connectivity index (χ4n) is 2.54. The number of hydroxylamine groups is 2. The number of hydrogen-bond acceptors (Lipinski definition) is 4. The van der Waals surface area contributed by atoms with Crippen molar-refractivity contribution in [3.8, 4) is 0 Å². The Morgan fingerprint density at radius 2 is 1.60 bits per heavy atom. The highest BCUT2D eigenvalue weighted by molar-refractivity contribution is 5.94. The van der Waals surface area contributed by atoms with Gasteiger partial charge in [0.2, 0.25) is 0 Å². The fourth-order valence-corrected chi connectivity index (χ4v) is 2.54. The van der Waals surface area contributed by atoms with Crippen LogP contribution in [0.5, 0.6) is 0 Å². The molecule has 2 N–H and O–H groups in total. The molecule has 0 aliphatic rings. The minimum absolute atomic E-state index is 0.0180. The van der Waals surface area contributed by atoms with Crippen LogP contribution in [0.4, 0.5) is 23.7 Å². The molecule has 0 saturated heterocycles. The van der Waals surface area contributed by atoms with Crippen molar-refractivity contribution >= 4 is 23.6 Å². The Bertz CT molecular complexity index is 756. The molecule has 0 radical (unpaired) electrons. The van der Waals surface area contributed by atoms with E-state index in [0.717, 1.165) is 36.3 Å². The van der Waals surface area contributed by atoms with Crippen LogP contribution < -0.4 is 10.6 Å². The maximum atomic E-state index is 13.0. The molecule has 1 rings (SSSR count). The van der Waals surface area contributed by atoms with Crippen molar-refractivity contribution in [2.24, 2.45) is 5.92 Å². The topological polar surface area (TPSA) is 87.7 Å². The minimum atomic E-state index is -4.48. The Hall–Kier alpha value is -2.78. The van der Waals surface area contributed by atoms with Gasteiger partial charge in [0.1, 0.15) is 6.04 Å². The number of urea groups is 1. The summed E-state index contributed by atoms with van der Waals surface area (Å²) in [6.07, 6.45) is -4.23. The third-order valence-corrected chi connectivity index (χ3v) is 3.81. The molecule has 0 aromatic heterocycles. The number of nitrogens with zero attached hydrogens (tertiary/aromatic N) is 1. The average molecular weight is 431 g/mol. The first kappa shape index (κ1) is 25.3. The molecule has 10 heteroatoms. The van der Waals surface area contributed by atoms with Gasteiger partial charge >= 0.3 is 18.2 Å². The van der Waals surface area contributed by atoms with Gasteiger partial charge in [0.15, 0.2) is 0 Å². The molecule has 0 spiro atoms. The van der Waals surface area contributed by atoms with Crippen LogP contribution in [0.1, 0.15) is 53.5 Å². The average Bonchev–Trinajstić information content (AvgIpc) is 2.56. The lowest BCUT2D eigenvalue weighted by molar-refractivity contribution is -0.216. The van der Waals surface area contributed by atoms with E-state index in [1.165, 1.54) is 0 Å². The van der Waals surface area contributed by atoms with Gasteiger partial charge in [-0.3, -0.25) is 9.59 Å². The molecule has 168 valence electrons. The fraction of sp³-hybridized carbons (Fsp3) is 0.550. The van der Waals surface area contributed by atoms with Gasteiger partial charge < -0.3 is 15.5 Å². The number of carbonyl (C=O) groups is 3. The molecule has 1 aromatic rings. The molecular weight excluding hydrogens is 403 g/mol. The molecule has 30 heavy (non-hydrogen) atoms. The molecule has 0 saturated carbocycles. The molecule has 0 heterocycles. The van der Waals surface area contributed by atoms with Crippen LogP contribution in [0.15, 0.2) is 24.3 Å². The van der Waals surface area contributed by atoms with Crippen molar-refractivity contribution in [3.63, 3.8) is 0 Å². The smallest absolute Gasteiger partial charge is 0.338 e. The summed E-state index contributed by atoms with van der Waals surface area (Å²) >= 11 is 0. The molecule has 0 aliphatic heterocycles. The van der Waals surface area contributed by atoms with Crippen molar-refractivity contribution in [3.05, 3.63) is 29.8 Å². The van der Waals surface area contributed by atoms with Crippen LogP contribution in [-0.2, 0) is 20.6 Å². The van der Waals surface area contributed by atoms with Crippen molar-refractivity contribution in [2.45, 2.75) is 65.7 Å². The van der Waals surface area contributed by atoms with E-state index in [-0.39, 0.29) is 18.0 Å². The van der Waals surface area contributed by atoms with Gasteiger partial charge in [0, 0.05) is 12.6 Å². The highest BCUT2D eigenvalue weighted by Crippen LogP contribution is 2.29. The van der Waals surface area contributed by atoms with E-state index in [9.17, 15) is 27.6 Å². The summed E-state index contributed by atoms with van der Waals surface area (Å²) < 4.78 is 37.9. The van der Waals surface area contributed by atoms with Crippen LogP contribution in [0.2, 0.25) is 0 Å². The molecule has 3 amide bonds. The van der Waals surface area contributed by atoms with Gasteiger partial charge in [-0.25, -0.2) is 4.79 Å². The third kappa shape index (κ3) is 7.92. The molecule has 7 nitrogen and oxygen atoms in total. The summed E-state index contributed by atoms with van der Waals surface area (Å²) in [7, 11) is 0. The van der Waals surface area contributed by atoms with E-state index in [4.69, 9.17) is 4.84 Å². The lowest BCUT2D eigenvalue weighted by Gasteiger charge is -2.35. The Balaban J connectivity index is 2.96. The predicted molar refractivity (Wildman–Crippen MR) is 105 cm³/mol. The zero-order chi connectivity index (χ0) is 23.3. The second-order valence-corrected chi connectivity index (χ2v) is 8.24. The number of anilines is 1. The Morgan fingerprint density at radius 1 is 1.07 bits per heavy atom. The number of rotatable bonds is 5. The number of halogens is 3. The Morgan fingerprint density at radius 3 is 2.00 bits per heavy atom. The molecule has 1 aromatic carbocycles. The highest BCUT2D eigenvalue weighted by atomic mass is 19.4. The SMILES string of the molecule is CC(=O)ON(C(=O)[C@H](CC(C)C)NC(=O)Nc1ccc(C(F)(F)F)cc1)C(C)(C)C. The van der Waals surface area contributed by atoms with E-state index in [1.807, 2.05) is 13.8 Å². The maximum Gasteiger partial charge on any atom is 0.416 e. The number of alkyl halides is 3. The summed E-state index contributed by atoms with van der Waals surface area (Å²) in [6.45, 7) is 9.87. The number of amides is 3. The first-order chi connectivity index (χ1) is 13.6. The van der Waals surface area contributed by atoms with Crippen LogP contribution in [0, 0.1) is 5.92 Å². The number of benzene rings is 1. The van der Waals surface area contributed by atoms with Gasteiger partial charge in [-0.1, -0.05) is 13.8 Å². The van der Waals surface area contributed by atoms with E-state index in [2.05, 4.69) is 10.6 Å². The summed E-state index contributed by atoms with van der Waals surface area (Å²) in [6, 6.07) is 2.12. The lowest BCUT2D eigenvalue weighted by Crippen LogP contribution is -2.55. The predicted octanol–water partition coefficient (Wildman–Crippen LogP) is 4.35. The molecule has 0 fully saturated rings. The summed E-state index contributed by atoms with van der Waals surface area (Å²) in [5.41, 5.74) is -1.57. The lowest BCUT2D eigenvalue weighted by atomic mass is 10.0. The summed E-state index contributed by atoms with van der Waals surface area (Å²) in [4.78, 5) is 41.8. The van der Waals surface area contributed by atoms with E-state index >= 15 is 0 Å². The summed E-state index contributed by atoms with van der Waals surface area (Å²) in [5.74, 6) is -1.28. The summed E-state index contributed by atoms with van der Waals surface area (Å²) in [5, 5.41) is 5.83. The van der Waals surface area contributed by atoms with E-state index in [1.54, 1.807) is 20.8 Å². The van der Waals surface area contributed by atoms with Gasteiger partial charge in [-0.2, -0.15) is 18.2 Å². The van der Waals surface area contributed by atoms with Gasteiger partial charge in [-0.15, -0.1) is 0 Å². The van der Waals surface area contributed by atoms with Crippen molar-refractivity contribution in [2.75, 3.05) is 5.32 Å². The van der Waals surface area contributed by atoms with Crippen molar-refractivity contribution in [1.82, 2.24) is 10.4 Å². The third-order valence-electron chi connectivity index (χ3n) is 3.81. The molecule has 0 unspecified atom stereocenters. The minimum Gasteiger partial charge on any atom is -0.338 e. The zero-order valence-electron chi connectivity index (χ0n) is 17.9. The van der Waals surface area contributed by atoms with E-state index in [0.29, 0.717) is 0 Å². The van der Waals surface area contributed by atoms with Gasteiger partial charge in [-0.05, 0) is 57.4 Å². The van der Waals surface area contributed by atoms with Gasteiger partial charge in [0.05, 0.1) is 11.1 Å². The molecule has 0 bridgehead atoms. The number of nitrogens with one attached hydrogen (secondary N) is 2. The maximum absolute atomic E-state index is 13.0. The van der Waals surface area contributed by atoms with E-state index < -0.39 is 41.2 Å². The second-order valence-electron chi connectivity index (χ2n) is 8.24. The normalized spacial score (nSPS) is 12.9. The standard InChI is InChI=1S/C20H28F3N3O4/c1-12(2)11-16(17(28)26(19(4,5)6)30-13(3)27)25-18(29)24-15-9-7-14(8-10-15)20(21,22)23/h7-10,12,16H,11H2,1-6H3,(H2,24,25,29)/t16-/m0/s1. The van der Waals surface area contributed by atoms with Crippen LogP contribution in [-0.4, -0.2) is 34.6 Å². The van der Waals surface area contributed by atoms with Crippen LogP contribution in [0.3, 0.4) is 0 Å². The molecular formula is C20H28F3N3O4. The van der Waals surface area contributed by atoms with Crippen molar-refractivity contribution in [1.29, 1.82) is 0 Å². The first-order valence-electron chi connectivity index (χ1n) is 9.38. The second kappa shape index (κ2) is 9.82. The van der Waals surface area contributed by atoms with Crippen LogP contribution >= 0.6 is 0 Å². The quantitative estimate of drug-likeness (QED) is 0.679. The zero-order valence-corrected chi connectivity index (χ0v) is 17.9. The first-order valence-corrected chi connectivity index (χ1v) is 9.38. The van der Waals surface area contributed by atoms with Crippen molar-refractivity contribution < 1.29 is 32.4 Å². The number of carbonyl (C=O) groups excluding carboxylic acids is 3. The van der Waals surface area contributed by atoms with Crippen LogP contribution in [0.25, 0.3) is 0 Å². The highest BCUT2D eigenvalue weighted by Gasteiger charge is 2.36. The Labute approximate surface area is 173 Å². The molecule has 1 atom stereocenters.